The Morgan fingerprint density at radius 1 is 0.408 bits per heavy atom. The molecule has 0 aliphatic rings. The Bertz CT molecular complexity index is 1960. The van der Waals surface area contributed by atoms with E-state index in [0.717, 1.165) is 101 Å². The van der Waals surface area contributed by atoms with Crippen molar-refractivity contribution in [3.63, 3.8) is 0 Å². The van der Waals surface area contributed by atoms with Crippen molar-refractivity contribution in [1.29, 1.82) is 0 Å². The molecule has 0 aliphatic carbocycles. The maximum atomic E-state index is 11.2. The van der Waals surface area contributed by atoms with Gasteiger partial charge < -0.3 is 23.1 Å². The molecule has 0 saturated carbocycles. The van der Waals surface area contributed by atoms with Gasteiger partial charge in [0.15, 0.2) is 16.6 Å². The van der Waals surface area contributed by atoms with Crippen LogP contribution in [0.5, 0.6) is 11.5 Å². The summed E-state index contributed by atoms with van der Waals surface area (Å²) < 4.78 is 30.8. The molecule has 9 heteroatoms. The van der Waals surface area contributed by atoms with Crippen molar-refractivity contribution in [3.05, 3.63) is 133 Å². The summed E-state index contributed by atoms with van der Waals surface area (Å²) in [7, 11) is -4.28. The van der Waals surface area contributed by atoms with Crippen molar-refractivity contribution in [3.8, 4) is 33.8 Å². The summed E-state index contributed by atoms with van der Waals surface area (Å²) in [6.07, 6.45) is 17.2. The van der Waals surface area contributed by atoms with Crippen molar-refractivity contribution >= 4 is 28.6 Å². The maximum Gasteiger partial charge on any atom is 0.330 e. The van der Waals surface area contributed by atoms with Gasteiger partial charge in [0.25, 0.3) is 0 Å². The van der Waals surface area contributed by atoms with Gasteiger partial charge in [0.05, 0.1) is 26.4 Å². The third-order valence-corrected chi connectivity index (χ3v) is 27.7. The summed E-state index contributed by atoms with van der Waals surface area (Å²) in [5, 5.41) is 0. The second-order valence-electron chi connectivity index (χ2n) is 20.8. The molecule has 0 bridgehead atoms. The first-order valence-corrected chi connectivity index (χ1v) is 31.7. The van der Waals surface area contributed by atoms with Gasteiger partial charge in [-0.2, -0.15) is 0 Å². The van der Waals surface area contributed by atoms with Gasteiger partial charge in [-0.15, -0.1) is 0 Å². The Morgan fingerprint density at radius 2 is 0.704 bits per heavy atom. The van der Waals surface area contributed by atoms with Crippen LogP contribution < -0.4 is 9.47 Å². The lowest BCUT2D eigenvalue weighted by molar-refractivity contribution is -0.138. The summed E-state index contributed by atoms with van der Waals surface area (Å²) in [6.45, 7) is 28.7. The predicted octanol–water partition coefficient (Wildman–Crippen LogP) is 17.3. The van der Waals surface area contributed by atoms with Crippen LogP contribution in [0.4, 0.5) is 0 Å². The van der Waals surface area contributed by atoms with E-state index in [2.05, 4.69) is 166 Å². The van der Waals surface area contributed by atoms with E-state index in [1.807, 2.05) is 0 Å². The zero-order chi connectivity index (χ0) is 51.5. The monoisotopic (exact) mass is 1000 g/mol. The quantitative estimate of drug-likeness (QED) is 0.0194. The van der Waals surface area contributed by atoms with Gasteiger partial charge in [-0.1, -0.05) is 180 Å². The van der Waals surface area contributed by atoms with Crippen molar-refractivity contribution in [2.24, 2.45) is 0 Å². The molecule has 0 aliphatic heterocycles. The lowest BCUT2D eigenvalue weighted by Gasteiger charge is -2.50. The number of rotatable bonds is 36. The van der Waals surface area contributed by atoms with Crippen LogP contribution in [-0.4, -0.2) is 55.0 Å². The molecular formula is C62H90O7Si2. The number of aryl methyl sites for hydroxylation is 2. The van der Waals surface area contributed by atoms with Crippen molar-refractivity contribution in [1.82, 2.24) is 0 Å². The number of carbonyl (C=O) groups excluding carboxylic acids is 2. The second-order valence-corrected chi connectivity index (χ2v) is 31.0. The molecule has 0 aromatic heterocycles. The Morgan fingerprint density at radius 3 is 1.01 bits per heavy atom. The van der Waals surface area contributed by atoms with Gasteiger partial charge in [-0.25, -0.2) is 9.59 Å². The number of carbonyl (C=O) groups is 2. The minimum absolute atomic E-state index is 0.342. The van der Waals surface area contributed by atoms with Gasteiger partial charge >= 0.3 is 11.9 Å². The number of benzene rings is 4. The minimum atomic E-state index is -2.14. The zero-order valence-corrected chi connectivity index (χ0v) is 47.1. The van der Waals surface area contributed by atoms with E-state index in [-0.39, 0.29) is 11.9 Å². The molecule has 0 amide bonds. The molecule has 4 rings (SSSR count). The lowest BCUT2D eigenvalue weighted by Crippen LogP contribution is -2.58. The van der Waals surface area contributed by atoms with Crippen molar-refractivity contribution < 1.29 is 32.7 Å². The van der Waals surface area contributed by atoms with E-state index in [1.165, 1.54) is 57.6 Å². The molecule has 0 heterocycles. The highest BCUT2D eigenvalue weighted by molar-refractivity contribution is 6.89. The molecule has 0 atom stereocenters. The van der Waals surface area contributed by atoms with E-state index in [1.54, 1.807) is 0 Å². The summed E-state index contributed by atoms with van der Waals surface area (Å²) in [6, 6.07) is 37.3. The Kier molecular flexibility index (Phi) is 26.3. The van der Waals surface area contributed by atoms with E-state index in [0.29, 0.717) is 48.6 Å². The van der Waals surface area contributed by atoms with E-state index >= 15 is 0 Å². The lowest BCUT2D eigenvalue weighted by atomic mass is 10.0. The van der Waals surface area contributed by atoms with Crippen LogP contribution in [0, 0.1) is 0 Å². The maximum absolute atomic E-state index is 11.2. The third-order valence-electron chi connectivity index (χ3n) is 14.6. The first kappa shape index (κ1) is 58.9. The van der Waals surface area contributed by atoms with Gasteiger partial charge in [0.2, 0.25) is 0 Å². The Labute approximate surface area is 432 Å². The number of esters is 2. The SMILES string of the molecule is C=CC(=O)OCCCCCCc1ccc(-c2ccc(OCCCC[Si](O[Si](CCCCOc3ccc(-c4ccc(CCCCCCOC(=O)C=C)cc4)cc3)(C(C)C)C(C)C)(C(C)C)C(C)C)cc2)cc1. The topological polar surface area (TPSA) is 80.3 Å². The molecule has 0 unspecified atom stereocenters. The summed E-state index contributed by atoms with van der Waals surface area (Å²) in [4.78, 5) is 22.4. The number of hydrogen-bond donors (Lipinski definition) is 0. The molecule has 388 valence electrons. The van der Waals surface area contributed by atoms with Crippen LogP contribution in [-0.2, 0) is 36.0 Å². The molecule has 71 heavy (non-hydrogen) atoms. The molecule has 0 radical (unpaired) electrons. The van der Waals surface area contributed by atoms with Gasteiger partial charge in [0.1, 0.15) is 11.5 Å². The number of hydrogen-bond acceptors (Lipinski definition) is 7. The van der Waals surface area contributed by atoms with Crippen LogP contribution in [0.2, 0.25) is 34.3 Å². The fourth-order valence-electron chi connectivity index (χ4n) is 10.0. The summed E-state index contributed by atoms with van der Waals surface area (Å²) in [5.41, 5.74) is 9.67. The number of ether oxygens (including phenoxy) is 4. The van der Waals surface area contributed by atoms with E-state index in [4.69, 9.17) is 23.1 Å². The van der Waals surface area contributed by atoms with Crippen LogP contribution in [0.3, 0.4) is 0 Å². The molecular weight excluding hydrogens is 913 g/mol. The molecule has 0 N–H and O–H groups in total. The summed E-state index contributed by atoms with van der Waals surface area (Å²) >= 11 is 0. The summed E-state index contributed by atoms with van der Waals surface area (Å²) in [5.74, 6) is 1.16. The smallest absolute Gasteiger partial charge is 0.330 e. The van der Waals surface area contributed by atoms with Gasteiger partial charge in [-0.3, -0.25) is 0 Å². The normalized spacial score (nSPS) is 11.9. The van der Waals surface area contributed by atoms with Crippen molar-refractivity contribution in [2.45, 2.75) is 180 Å². The highest BCUT2D eigenvalue weighted by atomic mass is 28.4. The highest BCUT2D eigenvalue weighted by Crippen LogP contribution is 2.48. The predicted molar refractivity (Wildman–Crippen MR) is 302 cm³/mol. The van der Waals surface area contributed by atoms with Gasteiger partial charge in [0, 0.05) is 12.2 Å². The number of unbranched alkanes of at least 4 members (excludes halogenated alkanes) is 8. The minimum Gasteiger partial charge on any atom is -0.494 e. The molecule has 0 fully saturated rings. The standard InChI is InChI=1S/C62H90O7Si2/c1-11-61(63)67-45-19-15-13-17-25-53-27-31-55(32-28-53)57-35-39-59(40-36-57)65-43-21-23-47-70(49(3)4,50(5)6)69-71(51(7)8,52(9)10)48-24-22-44-66-60-41-37-58(38-42-60)56-33-29-54(30-34-56)26-18-14-16-20-46-68-62(64)12-2/h11-12,27-42,49-52H,1-2,13-26,43-48H2,3-10H3. The van der Waals surface area contributed by atoms with E-state index in [9.17, 15) is 9.59 Å². The largest absolute Gasteiger partial charge is 0.494 e. The second kappa shape index (κ2) is 31.7. The third kappa shape index (κ3) is 19.7. The van der Waals surface area contributed by atoms with Gasteiger partial charge in [-0.05, 0) is 143 Å². The zero-order valence-electron chi connectivity index (χ0n) is 45.1. The average molecular weight is 1000 g/mol. The van der Waals surface area contributed by atoms with Crippen LogP contribution in [0.25, 0.3) is 22.3 Å². The van der Waals surface area contributed by atoms with Crippen LogP contribution in [0.15, 0.2) is 122 Å². The van der Waals surface area contributed by atoms with Crippen molar-refractivity contribution in [2.75, 3.05) is 26.4 Å². The molecule has 4 aromatic rings. The fraction of sp³-hybridized carbons (Fsp3) is 0.516. The molecule has 4 aromatic carbocycles. The average Bonchev–Trinajstić information content (AvgIpc) is 3.37. The molecule has 0 saturated heterocycles. The first-order valence-electron chi connectivity index (χ1n) is 27.2. The molecule has 7 nitrogen and oxygen atoms in total. The Hall–Kier alpha value is -4.71. The fourth-order valence-corrected chi connectivity index (χ4v) is 24.0. The van der Waals surface area contributed by atoms with E-state index < -0.39 is 16.6 Å². The first-order chi connectivity index (χ1) is 34.2. The van der Waals surface area contributed by atoms with Crippen LogP contribution in [0.1, 0.15) is 144 Å². The van der Waals surface area contributed by atoms with Crippen LogP contribution >= 0.6 is 0 Å². The Balaban J connectivity index is 1.20. The molecule has 0 spiro atoms. The highest BCUT2D eigenvalue weighted by Gasteiger charge is 2.51.